The summed E-state index contributed by atoms with van der Waals surface area (Å²) in [4.78, 5) is 49.7. The van der Waals surface area contributed by atoms with Crippen molar-refractivity contribution in [3.8, 4) is 17.6 Å². The van der Waals surface area contributed by atoms with Gasteiger partial charge in [-0.05, 0) is 55.8 Å². The summed E-state index contributed by atoms with van der Waals surface area (Å²) in [7, 11) is 0. The highest BCUT2D eigenvalue weighted by atomic mass is 35.5. The van der Waals surface area contributed by atoms with Gasteiger partial charge in [-0.15, -0.1) is 0 Å². The van der Waals surface area contributed by atoms with Gasteiger partial charge in [-0.25, -0.2) is 24.1 Å². The molecule has 12 nitrogen and oxygen atoms in total. The normalized spacial score (nSPS) is 12.3. The number of nitriles is 1. The lowest BCUT2D eigenvalue weighted by molar-refractivity contribution is -0.142. The van der Waals surface area contributed by atoms with E-state index in [-0.39, 0.29) is 18.3 Å². The van der Waals surface area contributed by atoms with Crippen molar-refractivity contribution >= 4 is 29.2 Å². The molecule has 0 aliphatic carbocycles. The Labute approximate surface area is 226 Å². The zero-order chi connectivity index (χ0) is 28.1. The predicted molar refractivity (Wildman–Crippen MR) is 141 cm³/mol. The van der Waals surface area contributed by atoms with Gasteiger partial charge in [-0.1, -0.05) is 23.7 Å². The van der Waals surface area contributed by atoms with Gasteiger partial charge in [0, 0.05) is 10.7 Å². The van der Waals surface area contributed by atoms with Crippen molar-refractivity contribution in [3.63, 3.8) is 0 Å². The van der Waals surface area contributed by atoms with Crippen LogP contribution in [0.1, 0.15) is 31.3 Å². The summed E-state index contributed by atoms with van der Waals surface area (Å²) in [6.45, 7) is 2.95. The second-order valence-electron chi connectivity index (χ2n) is 8.56. The maximum Gasteiger partial charge on any atom is 0.355 e. The Hall–Kier alpha value is -5.02. The summed E-state index contributed by atoms with van der Waals surface area (Å²) in [5.74, 6) is -1.37. The highest BCUT2D eigenvalue weighted by Crippen LogP contribution is 2.23. The van der Waals surface area contributed by atoms with Crippen molar-refractivity contribution in [1.82, 2.24) is 24.1 Å². The van der Waals surface area contributed by atoms with Gasteiger partial charge < -0.3 is 15.2 Å². The molecule has 0 fully saturated rings. The van der Waals surface area contributed by atoms with E-state index in [0.717, 1.165) is 4.57 Å². The van der Waals surface area contributed by atoms with Crippen LogP contribution in [0.2, 0.25) is 5.02 Å². The van der Waals surface area contributed by atoms with E-state index < -0.39 is 29.3 Å². The molecule has 0 amide bonds. The molecule has 4 rings (SSSR count). The van der Waals surface area contributed by atoms with Gasteiger partial charge in [-0.2, -0.15) is 10.2 Å². The molecule has 39 heavy (non-hydrogen) atoms. The molecule has 2 aromatic heterocycles. The second kappa shape index (κ2) is 11.6. The largest absolute Gasteiger partial charge is 0.481 e. The lowest BCUT2D eigenvalue weighted by Gasteiger charge is -2.21. The molecule has 2 atom stereocenters. The molecule has 198 valence electrons. The Kier molecular flexibility index (Phi) is 8.02. The predicted octanol–water partition coefficient (Wildman–Crippen LogP) is 3.59. The number of hydrogen-bond acceptors (Lipinski definition) is 9. The van der Waals surface area contributed by atoms with E-state index in [2.05, 4.69) is 20.3 Å². The van der Waals surface area contributed by atoms with E-state index in [9.17, 15) is 19.5 Å². The number of anilines is 2. The smallest absolute Gasteiger partial charge is 0.355 e. The molecule has 0 aliphatic heterocycles. The summed E-state index contributed by atoms with van der Waals surface area (Å²) in [5.41, 5.74) is -0.381. The minimum absolute atomic E-state index is 0.0211. The zero-order valence-electron chi connectivity index (χ0n) is 20.8. The fourth-order valence-corrected chi connectivity index (χ4v) is 3.72. The number of halogens is 1. The highest BCUT2D eigenvalue weighted by Gasteiger charge is 2.26. The highest BCUT2D eigenvalue weighted by molar-refractivity contribution is 6.30. The van der Waals surface area contributed by atoms with E-state index >= 15 is 0 Å². The molecular weight excluding hydrogens is 526 g/mol. The van der Waals surface area contributed by atoms with Gasteiger partial charge >= 0.3 is 17.3 Å². The van der Waals surface area contributed by atoms with E-state index in [4.69, 9.17) is 21.6 Å². The number of nitrogens with zero attached hydrogens (tertiary/aromatic N) is 6. The minimum atomic E-state index is -1.14. The molecule has 0 saturated carbocycles. The SMILES string of the molecule is C[C@@H](C(=O)O)[C@H](C)n1c(=O)nc(Nc2ccc(Oc3cnc(C#N)nc3)cc2)n(Cc2ccc(Cl)cc2)c1=O. The van der Waals surface area contributed by atoms with Crippen molar-refractivity contribution in [2.45, 2.75) is 26.4 Å². The van der Waals surface area contributed by atoms with Crippen LogP contribution in [-0.4, -0.2) is 35.2 Å². The van der Waals surface area contributed by atoms with Crippen molar-refractivity contribution in [3.05, 3.63) is 98.3 Å². The van der Waals surface area contributed by atoms with Crippen LogP contribution in [0.15, 0.2) is 70.5 Å². The standard InChI is InChI=1S/C26H22ClN7O5/c1-15(23(35)36)16(2)34-25(37)32-24(33(26(34)38)14-17-3-5-18(27)6-4-17)31-19-7-9-20(10-8-19)39-21-12-29-22(11-28)30-13-21/h3-10,12-13,15-16H,14H2,1-2H3,(H,35,36)(H,31,32,37)/t15-,16+/m1/s1. The fourth-order valence-electron chi connectivity index (χ4n) is 3.59. The molecule has 2 N–H and O–H groups in total. The average Bonchev–Trinajstić information content (AvgIpc) is 2.92. The molecule has 0 spiro atoms. The Balaban J connectivity index is 1.67. The number of nitrogens with one attached hydrogen (secondary N) is 1. The topological polar surface area (TPSA) is 165 Å². The van der Waals surface area contributed by atoms with Crippen LogP contribution in [0.3, 0.4) is 0 Å². The number of ether oxygens (including phenoxy) is 1. The van der Waals surface area contributed by atoms with E-state index in [1.165, 1.54) is 30.8 Å². The van der Waals surface area contributed by atoms with Crippen molar-refractivity contribution < 1.29 is 14.6 Å². The first-order chi connectivity index (χ1) is 18.7. The zero-order valence-corrected chi connectivity index (χ0v) is 21.5. The van der Waals surface area contributed by atoms with Crippen LogP contribution < -0.4 is 21.4 Å². The summed E-state index contributed by atoms with van der Waals surface area (Å²) < 4.78 is 7.77. The van der Waals surface area contributed by atoms with Gasteiger partial charge in [0.25, 0.3) is 0 Å². The maximum absolute atomic E-state index is 13.5. The van der Waals surface area contributed by atoms with Gasteiger partial charge in [0.15, 0.2) is 5.75 Å². The van der Waals surface area contributed by atoms with Crippen LogP contribution in [0.25, 0.3) is 0 Å². The Morgan fingerprint density at radius 3 is 2.31 bits per heavy atom. The van der Waals surface area contributed by atoms with Crippen LogP contribution in [-0.2, 0) is 11.3 Å². The van der Waals surface area contributed by atoms with Crippen LogP contribution in [0.4, 0.5) is 11.6 Å². The lowest BCUT2D eigenvalue weighted by Crippen LogP contribution is -2.46. The molecule has 0 unspecified atom stereocenters. The van der Waals surface area contributed by atoms with Crippen molar-refractivity contribution in [2.75, 3.05) is 5.32 Å². The van der Waals surface area contributed by atoms with E-state index in [0.29, 0.717) is 27.8 Å². The van der Waals surface area contributed by atoms with Gasteiger partial charge in [0.1, 0.15) is 11.8 Å². The fraction of sp³-hybridized carbons (Fsp3) is 0.192. The quantitative estimate of drug-likeness (QED) is 0.316. The molecule has 0 aliphatic rings. The number of aliphatic carboxylic acids is 1. The first-order valence-corrected chi connectivity index (χ1v) is 12.0. The number of benzene rings is 2. The van der Waals surface area contributed by atoms with E-state index in [1.54, 1.807) is 48.5 Å². The number of hydrogen-bond donors (Lipinski definition) is 2. The number of rotatable bonds is 9. The first kappa shape index (κ1) is 27.0. The van der Waals surface area contributed by atoms with Crippen LogP contribution in [0, 0.1) is 17.2 Å². The third-order valence-corrected chi connectivity index (χ3v) is 6.20. The number of carboxylic acids is 1. The third kappa shape index (κ3) is 6.28. The average molecular weight is 548 g/mol. The number of carbonyl (C=O) groups is 1. The van der Waals surface area contributed by atoms with Crippen molar-refractivity contribution in [2.24, 2.45) is 5.92 Å². The summed E-state index contributed by atoms with van der Waals surface area (Å²) in [5, 5.41) is 21.7. The second-order valence-corrected chi connectivity index (χ2v) is 8.99. The third-order valence-electron chi connectivity index (χ3n) is 5.95. The minimum Gasteiger partial charge on any atom is -0.481 e. The molecule has 0 radical (unpaired) electrons. The summed E-state index contributed by atoms with van der Waals surface area (Å²) >= 11 is 5.99. The van der Waals surface area contributed by atoms with Gasteiger partial charge in [0.2, 0.25) is 11.8 Å². The van der Waals surface area contributed by atoms with E-state index in [1.807, 2.05) is 6.07 Å². The molecule has 2 heterocycles. The first-order valence-electron chi connectivity index (χ1n) is 11.6. The van der Waals surface area contributed by atoms with Crippen LogP contribution >= 0.6 is 11.6 Å². The number of aromatic nitrogens is 5. The molecule has 0 bridgehead atoms. The summed E-state index contributed by atoms with van der Waals surface area (Å²) in [6.07, 6.45) is 2.75. The maximum atomic E-state index is 13.5. The Morgan fingerprint density at radius 1 is 1.08 bits per heavy atom. The number of carboxylic acid groups (broad SMARTS) is 1. The molecular formula is C26H22ClN7O5. The van der Waals surface area contributed by atoms with Gasteiger partial charge in [-0.3, -0.25) is 9.36 Å². The van der Waals surface area contributed by atoms with Crippen LogP contribution in [0.5, 0.6) is 11.5 Å². The van der Waals surface area contributed by atoms with Crippen molar-refractivity contribution in [1.29, 1.82) is 5.26 Å². The summed E-state index contributed by atoms with van der Waals surface area (Å²) in [6, 6.07) is 14.3. The Morgan fingerprint density at radius 2 is 1.72 bits per heavy atom. The van der Waals surface area contributed by atoms with Gasteiger partial charge in [0.05, 0.1) is 30.9 Å². The monoisotopic (exact) mass is 547 g/mol. The Bertz CT molecular complexity index is 1640. The lowest BCUT2D eigenvalue weighted by atomic mass is 10.0. The molecule has 4 aromatic rings. The molecule has 0 saturated heterocycles. The molecule has 2 aromatic carbocycles. The molecule has 13 heteroatoms.